The summed E-state index contributed by atoms with van der Waals surface area (Å²) >= 11 is 0. The average Bonchev–Trinajstić information content (AvgIpc) is 2.27. The zero-order valence-corrected chi connectivity index (χ0v) is 9.93. The molecule has 0 heterocycles. The van der Waals surface area contributed by atoms with E-state index in [1.165, 1.54) is 7.11 Å². The van der Waals surface area contributed by atoms with Crippen LogP contribution in [0.2, 0.25) is 0 Å². The Labute approximate surface area is 95.0 Å². The predicted molar refractivity (Wildman–Crippen MR) is 61.5 cm³/mol. The summed E-state index contributed by atoms with van der Waals surface area (Å²) in [6, 6.07) is 0. The lowest BCUT2D eigenvalue weighted by molar-refractivity contribution is 0.362. The summed E-state index contributed by atoms with van der Waals surface area (Å²) < 4.78 is 18.8. The summed E-state index contributed by atoms with van der Waals surface area (Å²) in [6.07, 6.45) is 1.27. The van der Waals surface area contributed by atoms with Crippen LogP contribution < -0.4 is 10.5 Å². The Morgan fingerprint density at radius 1 is 1.31 bits per heavy atom. The van der Waals surface area contributed by atoms with Gasteiger partial charge < -0.3 is 15.6 Å². The molecule has 0 aliphatic carbocycles. The first-order valence-electron chi connectivity index (χ1n) is 5.29. The van der Waals surface area contributed by atoms with E-state index >= 15 is 0 Å². The van der Waals surface area contributed by atoms with Crippen LogP contribution in [-0.4, -0.2) is 18.8 Å². The number of rotatable bonds is 4. The molecule has 0 amide bonds. The predicted octanol–water partition coefficient (Wildman–Crippen LogP) is 2.05. The van der Waals surface area contributed by atoms with Gasteiger partial charge in [0.2, 0.25) is 0 Å². The molecule has 3 N–H and O–H groups in total. The molecule has 0 spiro atoms. The number of nitrogens with two attached hydrogens (primary N) is 1. The number of phenolic OH excluding ortho intramolecular Hbond substituents is 1. The second kappa shape index (κ2) is 5.16. The minimum Gasteiger partial charge on any atom is -0.504 e. The third kappa shape index (κ3) is 2.11. The summed E-state index contributed by atoms with van der Waals surface area (Å²) in [7, 11) is 1.42. The van der Waals surface area contributed by atoms with Crippen LogP contribution in [0.1, 0.15) is 23.1 Å². The van der Waals surface area contributed by atoms with Crippen molar-refractivity contribution in [1.82, 2.24) is 0 Å². The van der Waals surface area contributed by atoms with Crippen molar-refractivity contribution in [1.29, 1.82) is 0 Å². The molecular formula is C12H18FNO2. The van der Waals surface area contributed by atoms with Crippen LogP contribution in [0.4, 0.5) is 4.39 Å². The molecule has 1 rings (SSSR count). The van der Waals surface area contributed by atoms with Gasteiger partial charge in [-0.1, -0.05) is 0 Å². The SMILES string of the molecule is COc1c(C)c(F)c(C)c(CCCN)c1O. The monoisotopic (exact) mass is 227 g/mol. The molecule has 0 fully saturated rings. The van der Waals surface area contributed by atoms with Crippen molar-refractivity contribution in [2.24, 2.45) is 5.73 Å². The second-order valence-electron chi connectivity index (χ2n) is 3.82. The quantitative estimate of drug-likeness (QED) is 0.827. The minimum atomic E-state index is -0.318. The molecule has 16 heavy (non-hydrogen) atoms. The molecule has 1 aromatic carbocycles. The Bertz CT molecular complexity index is 391. The Morgan fingerprint density at radius 3 is 2.44 bits per heavy atom. The minimum absolute atomic E-state index is 0.0346. The van der Waals surface area contributed by atoms with Crippen molar-refractivity contribution in [2.75, 3.05) is 13.7 Å². The van der Waals surface area contributed by atoms with E-state index in [1.807, 2.05) is 0 Å². The first-order valence-corrected chi connectivity index (χ1v) is 5.29. The van der Waals surface area contributed by atoms with E-state index in [9.17, 15) is 9.50 Å². The van der Waals surface area contributed by atoms with Gasteiger partial charge in [0.1, 0.15) is 5.82 Å². The molecule has 0 saturated heterocycles. The Hall–Kier alpha value is -1.29. The highest BCUT2D eigenvalue weighted by Gasteiger charge is 2.19. The molecule has 0 aromatic heterocycles. The summed E-state index contributed by atoms with van der Waals surface area (Å²) in [6.45, 7) is 3.76. The zero-order chi connectivity index (χ0) is 12.3. The van der Waals surface area contributed by atoms with Crippen LogP contribution in [0.3, 0.4) is 0 Å². The lowest BCUT2D eigenvalue weighted by atomic mass is 9.98. The van der Waals surface area contributed by atoms with E-state index in [0.29, 0.717) is 36.1 Å². The smallest absolute Gasteiger partial charge is 0.166 e. The molecule has 90 valence electrons. The highest BCUT2D eigenvalue weighted by Crippen LogP contribution is 2.38. The van der Waals surface area contributed by atoms with Crippen LogP contribution in [-0.2, 0) is 6.42 Å². The summed E-state index contributed by atoms with van der Waals surface area (Å²) in [5.74, 6) is -0.0656. The number of methoxy groups -OCH3 is 1. The Morgan fingerprint density at radius 2 is 1.94 bits per heavy atom. The van der Waals surface area contributed by atoms with Gasteiger partial charge in [-0.3, -0.25) is 0 Å². The van der Waals surface area contributed by atoms with Crippen molar-refractivity contribution in [2.45, 2.75) is 26.7 Å². The Kier molecular flexibility index (Phi) is 4.12. The topological polar surface area (TPSA) is 55.5 Å². The first kappa shape index (κ1) is 12.8. The molecule has 0 unspecified atom stereocenters. The maximum atomic E-state index is 13.8. The third-order valence-corrected chi connectivity index (χ3v) is 2.79. The molecule has 0 saturated carbocycles. The van der Waals surface area contributed by atoms with Crippen LogP contribution in [0.15, 0.2) is 0 Å². The van der Waals surface area contributed by atoms with E-state index in [-0.39, 0.29) is 17.3 Å². The van der Waals surface area contributed by atoms with Crippen molar-refractivity contribution >= 4 is 0 Å². The van der Waals surface area contributed by atoms with Gasteiger partial charge in [-0.15, -0.1) is 0 Å². The molecule has 0 aliphatic heterocycles. The van der Waals surface area contributed by atoms with Crippen LogP contribution in [0.25, 0.3) is 0 Å². The van der Waals surface area contributed by atoms with E-state index in [4.69, 9.17) is 10.5 Å². The summed E-state index contributed by atoms with van der Waals surface area (Å²) in [5, 5.41) is 9.97. The van der Waals surface area contributed by atoms with E-state index < -0.39 is 0 Å². The van der Waals surface area contributed by atoms with Gasteiger partial charge in [0.15, 0.2) is 11.5 Å². The molecular weight excluding hydrogens is 209 g/mol. The lowest BCUT2D eigenvalue weighted by Gasteiger charge is -2.15. The van der Waals surface area contributed by atoms with Gasteiger partial charge in [-0.25, -0.2) is 4.39 Å². The van der Waals surface area contributed by atoms with Gasteiger partial charge in [0.05, 0.1) is 7.11 Å². The maximum absolute atomic E-state index is 13.8. The number of aromatic hydroxyl groups is 1. The zero-order valence-electron chi connectivity index (χ0n) is 9.93. The number of phenols is 1. The maximum Gasteiger partial charge on any atom is 0.166 e. The molecule has 0 bridgehead atoms. The highest BCUT2D eigenvalue weighted by atomic mass is 19.1. The highest BCUT2D eigenvalue weighted by molar-refractivity contribution is 5.55. The second-order valence-corrected chi connectivity index (χ2v) is 3.82. The number of benzene rings is 1. The van der Waals surface area contributed by atoms with Crippen molar-refractivity contribution in [3.05, 3.63) is 22.5 Å². The van der Waals surface area contributed by atoms with Crippen LogP contribution in [0.5, 0.6) is 11.5 Å². The molecule has 0 radical (unpaired) electrons. The largest absolute Gasteiger partial charge is 0.504 e. The van der Waals surface area contributed by atoms with E-state index in [0.717, 1.165) is 0 Å². The average molecular weight is 227 g/mol. The summed E-state index contributed by atoms with van der Waals surface area (Å²) in [4.78, 5) is 0. The summed E-state index contributed by atoms with van der Waals surface area (Å²) in [5.41, 5.74) is 6.81. The number of ether oxygens (including phenoxy) is 1. The van der Waals surface area contributed by atoms with Gasteiger partial charge in [0.25, 0.3) is 0 Å². The molecule has 1 aromatic rings. The van der Waals surface area contributed by atoms with Gasteiger partial charge >= 0.3 is 0 Å². The normalized spacial score (nSPS) is 10.6. The van der Waals surface area contributed by atoms with Crippen molar-refractivity contribution in [3.8, 4) is 11.5 Å². The van der Waals surface area contributed by atoms with Crippen molar-refractivity contribution < 1.29 is 14.2 Å². The number of hydrogen-bond donors (Lipinski definition) is 2. The standard InChI is InChI=1S/C12H18FNO2/c1-7-9(5-4-6-14)11(15)12(16-3)8(2)10(7)13/h15H,4-6,14H2,1-3H3. The molecule has 0 atom stereocenters. The van der Waals surface area contributed by atoms with Gasteiger partial charge in [-0.05, 0) is 38.8 Å². The molecule has 0 aliphatic rings. The van der Waals surface area contributed by atoms with Crippen LogP contribution in [0, 0.1) is 19.7 Å². The number of halogens is 1. The van der Waals surface area contributed by atoms with E-state index in [2.05, 4.69) is 0 Å². The lowest BCUT2D eigenvalue weighted by Crippen LogP contribution is -2.05. The fourth-order valence-corrected chi connectivity index (χ4v) is 1.84. The third-order valence-electron chi connectivity index (χ3n) is 2.79. The Balaban J connectivity index is 3.31. The molecule has 4 heteroatoms. The molecule has 3 nitrogen and oxygen atoms in total. The van der Waals surface area contributed by atoms with Gasteiger partial charge in [0, 0.05) is 11.1 Å². The van der Waals surface area contributed by atoms with Crippen molar-refractivity contribution in [3.63, 3.8) is 0 Å². The van der Waals surface area contributed by atoms with Gasteiger partial charge in [-0.2, -0.15) is 0 Å². The fraction of sp³-hybridized carbons (Fsp3) is 0.500. The number of hydrogen-bond acceptors (Lipinski definition) is 3. The van der Waals surface area contributed by atoms with E-state index in [1.54, 1.807) is 13.8 Å². The first-order chi connectivity index (χ1) is 7.54. The fourth-order valence-electron chi connectivity index (χ4n) is 1.84. The van der Waals surface area contributed by atoms with Crippen LogP contribution >= 0.6 is 0 Å².